The van der Waals surface area contributed by atoms with E-state index < -0.39 is 0 Å². The van der Waals surface area contributed by atoms with Gasteiger partial charge in [0, 0.05) is 0 Å². The summed E-state index contributed by atoms with van der Waals surface area (Å²) in [5.41, 5.74) is 0.919. The van der Waals surface area contributed by atoms with E-state index in [0.717, 1.165) is 5.41 Å². The van der Waals surface area contributed by atoms with E-state index in [9.17, 15) is 0 Å². The molecule has 0 aromatic carbocycles. The average molecular weight is 162 g/mol. The van der Waals surface area contributed by atoms with Crippen LogP contribution in [0.4, 0.5) is 0 Å². The Morgan fingerprint density at radius 3 is 2.58 bits per heavy atom. The topological polar surface area (TPSA) is 0 Å². The highest BCUT2D eigenvalue weighted by Gasteiger charge is 2.67. The van der Waals surface area contributed by atoms with E-state index in [1.165, 1.54) is 23.7 Å². The van der Waals surface area contributed by atoms with E-state index in [1.54, 1.807) is 44.9 Å². The second kappa shape index (κ2) is 1.76. The van der Waals surface area contributed by atoms with Gasteiger partial charge in [-0.05, 0) is 61.2 Å². The summed E-state index contributed by atoms with van der Waals surface area (Å²) < 4.78 is 0. The first-order valence-corrected chi connectivity index (χ1v) is 5.89. The summed E-state index contributed by atoms with van der Waals surface area (Å²) >= 11 is 0. The molecule has 12 heavy (non-hydrogen) atoms. The molecule has 0 aromatic rings. The molecule has 5 atom stereocenters. The van der Waals surface area contributed by atoms with Gasteiger partial charge in [0.15, 0.2) is 0 Å². The summed E-state index contributed by atoms with van der Waals surface area (Å²) in [7, 11) is 0. The van der Waals surface area contributed by atoms with Crippen molar-refractivity contribution in [3.8, 4) is 0 Å². The highest BCUT2D eigenvalue weighted by Crippen LogP contribution is 2.75. The molecule has 0 saturated heterocycles. The molecule has 0 nitrogen and oxygen atoms in total. The Morgan fingerprint density at radius 2 is 1.75 bits per heavy atom. The molecule has 0 N–H and O–H groups in total. The van der Waals surface area contributed by atoms with E-state index in [4.69, 9.17) is 0 Å². The maximum atomic E-state index is 1.66. The van der Waals surface area contributed by atoms with Crippen molar-refractivity contribution in [3.63, 3.8) is 0 Å². The fourth-order valence-electron chi connectivity index (χ4n) is 5.11. The molecule has 0 radical (unpaired) electrons. The first kappa shape index (κ1) is 6.45. The van der Waals surface area contributed by atoms with Crippen molar-refractivity contribution in [1.29, 1.82) is 0 Å². The van der Waals surface area contributed by atoms with Crippen LogP contribution in [0.2, 0.25) is 0 Å². The summed E-state index contributed by atoms with van der Waals surface area (Å²) in [5, 5.41) is 0. The fourth-order valence-corrected chi connectivity index (χ4v) is 5.11. The van der Waals surface area contributed by atoms with Gasteiger partial charge in [0.1, 0.15) is 0 Å². The predicted molar refractivity (Wildman–Crippen MR) is 48.7 cm³/mol. The van der Waals surface area contributed by atoms with Crippen LogP contribution in [0.3, 0.4) is 0 Å². The first-order valence-electron chi connectivity index (χ1n) is 5.89. The van der Waals surface area contributed by atoms with Gasteiger partial charge in [-0.3, -0.25) is 0 Å². The molecule has 0 heteroatoms. The summed E-state index contributed by atoms with van der Waals surface area (Å²) in [4.78, 5) is 0. The summed E-state index contributed by atoms with van der Waals surface area (Å²) in [5.74, 6) is 4.89. The normalized spacial score (nSPS) is 66.0. The number of hydrogen-bond donors (Lipinski definition) is 0. The van der Waals surface area contributed by atoms with Gasteiger partial charge in [-0.2, -0.15) is 0 Å². The minimum absolute atomic E-state index is 0.919. The zero-order valence-corrected chi connectivity index (χ0v) is 7.76. The molecular weight excluding hydrogens is 144 g/mol. The Bertz CT molecular complexity index is 211. The lowest BCUT2D eigenvalue weighted by Gasteiger charge is -2.47. The molecule has 0 aliphatic heterocycles. The highest BCUT2D eigenvalue weighted by molar-refractivity contribution is 5.16. The van der Waals surface area contributed by atoms with Crippen molar-refractivity contribution in [1.82, 2.24) is 0 Å². The number of rotatable bonds is 0. The van der Waals surface area contributed by atoms with E-state index in [-0.39, 0.29) is 0 Å². The zero-order chi connectivity index (χ0) is 7.76. The lowest BCUT2D eigenvalue weighted by atomic mass is 9.58. The molecule has 0 aromatic heterocycles. The lowest BCUT2D eigenvalue weighted by molar-refractivity contribution is 0.0279. The Hall–Kier alpha value is 0. The molecule has 1 spiro atoms. The van der Waals surface area contributed by atoms with Crippen LogP contribution in [0.15, 0.2) is 0 Å². The van der Waals surface area contributed by atoms with Gasteiger partial charge in [-0.15, -0.1) is 0 Å². The second-order valence-corrected chi connectivity index (χ2v) is 5.94. The van der Waals surface area contributed by atoms with Crippen LogP contribution in [0, 0.1) is 29.1 Å². The van der Waals surface area contributed by atoms with Crippen LogP contribution in [0.25, 0.3) is 0 Å². The van der Waals surface area contributed by atoms with Crippen LogP contribution in [-0.4, -0.2) is 0 Å². The van der Waals surface area contributed by atoms with E-state index >= 15 is 0 Å². The van der Waals surface area contributed by atoms with Crippen LogP contribution in [0.5, 0.6) is 0 Å². The van der Waals surface area contributed by atoms with Crippen LogP contribution >= 0.6 is 0 Å². The first-order chi connectivity index (χ1) is 5.89. The Morgan fingerprint density at radius 1 is 0.917 bits per heavy atom. The molecule has 0 amide bonds. The van der Waals surface area contributed by atoms with E-state index in [1.807, 2.05) is 0 Å². The minimum Gasteiger partial charge on any atom is -0.0530 e. The zero-order valence-electron chi connectivity index (χ0n) is 7.76. The molecule has 5 fully saturated rings. The van der Waals surface area contributed by atoms with Crippen molar-refractivity contribution >= 4 is 0 Å². The molecular formula is C12H18. The van der Waals surface area contributed by atoms with E-state index in [2.05, 4.69) is 0 Å². The Balaban J connectivity index is 1.74. The molecule has 0 heterocycles. The predicted octanol–water partition coefficient (Wildman–Crippen LogP) is 3.22. The third kappa shape index (κ3) is 0.561. The summed E-state index contributed by atoms with van der Waals surface area (Å²) in [6, 6.07) is 0. The maximum Gasteiger partial charge on any atom is -0.0263 e. The molecule has 3 unspecified atom stereocenters. The van der Waals surface area contributed by atoms with Crippen molar-refractivity contribution in [3.05, 3.63) is 0 Å². The Kier molecular flexibility index (Phi) is 0.946. The van der Waals surface area contributed by atoms with Crippen molar-refractivity contribution in [2.45, 2.75) is 44.9 Å². The van der Waals surface area contributed by atoms with Gasteiger partial charge in [0.2, 0.25) is 0 Å². The van der Waals surface area contributed by atoms with Gasteiger partial charge in [-0.25, -0.2) is 0 Å². The summed E-state index contributed by atoms with van der Waals surface area (Å²) in [6.07, 6.45) is 11.3. The smallest absolute Gasteiger partial charge is 0.0263 e. The largest absolute Gasteiger partial charge is 0.0530 e. The Labute approximate surface area is 74.7 Å². The monoisotopic (exact) mass is 162 g/mol. The van der Waals surface area contributed by atoms with Crippen molar-refractivity contribution < 1.29 is 0 Å². The van der Waals surface area contributed by atoms with Gasteiger partial charge in [0.25, 0.3) is 0 Å². The second-order valence-electron chi connectivity index (χ2n) is 5.94. The summed E-state index contributed by atoms with van der Waals surface area (Å²) in [6.45, 7) is 0. The third-order valence-corrected chi connectivity index (χ3v) is 5.69. The van der Waals surface area contributed by atoms with Gasteiger partial charge in [-0.1, -0.05) is 12.8 Å². The van der Waals surface area contributed by atoms with Crippen LogP contribution in [-0.2, 0) is 0 Å². The molecule has 5 aliphatic carbocycles. The molecule has 66 valence electrons. The minimum atomic E-state index is 0.919. The van der Waals surface area contributed by atoms with Crippen molar-refractivity contribution in [2.24, 2.45) is 29.1 Å². The lowest BCUT2D eigenvalue weighted by Crippen LogP contribution is -2.37. The van der Waals surface area contributed by atoms with Gasteiger partial charge < -0.3 is 0 Å². The van der Waals surface area contributed by atoms with Crippen LogP contribution < -0.4 is 0 Å². The van der Waals surface area contributed by atoms with Crippen molar-refractivity contribution in [2.75, 3.05) is 0 Å². The van der Waals surface area contributed by atoms with Gasteiger partial charge >= 0.3 is 0 Å². The average Bonchev–Trinajstić information content (AvgIpc) is 2.64. The fraction of sp³-hybridized carbons (Fsp3) is 1.00. The molecule has 5 rings (SSSR count). The quantitative estimate of drug-likeness (QED) is 0.513. The maximum absolute atomic E-state index is 1.66. The molecule has 4 bridgehead atoms. The highest BCUT2D eigenvalue weighted by atomic mass is 14.7. The SMILES string of the molecule is C1CCC23CC4C(C[C@H]2C1)[C@@H]4C3. The standard InChI is InChI=1S/C12H18/c1-2-4-12-6-10-9(11(10)7-12)5-8(12)3-1/h8-11H,1-7H2/t8-,9?,10+,11?,12?/m1/s1. The molecule has 5 aliphatic rings. The van der Waals surface area contributed by atoms with Gasteiger partial charge in [0.05, 0.1) is 0 Å². The van der Waals surface area contributed by atoms with E-state index in [0.29, 0.717) is 0 Å². The number of hydrogen-bond acceptors (Lipinski definition) is 0. The molecule has 5 saturated carbocycles. The van der Waals surface area contributed by atoms with Crippen LogP contribution in [0.1, 0.15) is 44.9 Å². The third-order valence-electron chi connectivity index (χ3n) is 5.69.